The fourth-order valence-corrected chi connectivity index (χ4v) is 2.55. The smallest absolute Gasteiger partial charge is 0.318 e. The Bertz CT molecular complexity index is 507. The van der Waals surface area contributed by atoms with Gasteiger partial charge in [0, 0.05) is 20.0 Å². The molecule has 1 aliphatic heterocycles. The van der Waals surface area contributed by atoms with Crippen molar-refractivity contribution in [3.05, 3.63) is 30.3 Å². The van der Waals surface area contributed by atoms with Crippen LogP contribution in [-0.4, -0.2) is 49.1 Å². The van der Waals surface area contributed by atoms with E-state index in [9.17, 15) is 9.59 Å². The molecule has 1 aromatic carbocycles. The van der Waals surface area contributed by atoms with Gasteiger partial charge in [0.15, 0.2) is 0 Å². The number of nitrogens with zero attached hydrogens (tertiary/aromatic N) is 1. The number of hydrogen-bond acceptors (Lipinski definition) is 3. The zero-order chi connectivity index (χ0) is 15.9. The molecule has 0 aliphatic carbocycles. The lowest BCUT2D eigenvalue weighted by Gasteiger charge is -2.23. The molecule has 6 heteroatoms. The van der Waals surface area contributed by atoms with Gasteiger partial charge in [-0.25, -0.2) is 4.79 Å². The lowest BCUT2D eigenvalue weighted by Crippen LogP contribution is -2.49. The highest BCUT2D eigenvalue weighted by molar-refractivity contribution is 5.87. The van der Waals surface area contributed by atoms with Crippen LogP contribution in [0.15, 0.2) is 30.3 Å². The van der Waals surface area contributed by atoms with E-state index >= 15 is 0 Å². The van der Waals surface area contributed by atoms with E-state index in [0.717, 1.165) is 12.2 Å². The van der Waals surface area contributed by atoms with Crippen molar-refractivity contribution in [1.82, 2.24) is 15.5 Å². The summed E-state index contributed by atoms with van der Waals surface area (Å²) in [5.74, 6) is 0.588. The van der Waals surface area contributed by atoms with Crippen LogP contribution in [-0.2, 0) is 4.79 Å². The van der Waals surface area contributed by atoms with Crippen LogP contribution in [0.1, 0.15) is 19.8 Å². The number of likely N-dealkylation sites (N-methyl/N-ethyl adjacent to an activating group) is 1. The molecule has 3 amide bonds. The number of nitrogens with one attached hydrogen (secondary N) is 2. The Morgan fingerprint density at radius 1 is 1.32 bits per heavy atom. The number of urea groups is 1. The number of rotatable bonds is 5. The van der Waals surface area contributed by atoms with Gasteiger partial charge in [-0.1, -0.05) is 25.1 Å². The van der Waals surface area contributed by atoms with Gasteiger partial charge in [0.25, 0.3) is 0 Å². The predicted octanol–water partition coefficient (Wildman–Crippen LogP) is 1.37. The van der Waals surface area contributed by atoms with Crippen molar-refractivity contribution < 1.29 is 14.3 Å². The van der Waals surface area contributed by atoms with Gasteiger partial charge in [0.05, 0.1) is 6.54 Å². The Hall–Kier alpha value is -2.24. The number of likely N-dealkylation sites (tertiary alicyclic amines) is 1. The molecule has 0 aromatic heterocycles. The van der Waals surface area contributed by atoms with Gasteiger partial charge in [-0.3, -0.25) is 4.79 Å². The second kappa shape index (κ2) is 7.68. The molecule has 1 fully saturated rings. The molecule has 0 radical (unpaired) electrons. The zero-order valence-electron chi connectivity index (χ0n) is 13.0. The van der Waals surface area contributed by atoms with Gasteiger partial charge in [0.2, 0.25) is 5.91 Å². The van der Waals surface area contributed by atoms with Gasteiger partial charge < -0.3 is 20.3 Å². The van der Waals surface area contributed by atoms with Gasteiger partial charge in [-0.15, -0.1) is 0 Å². The molecule has 1 saturated heterocycles. The van der Waals surface area contributed by atoms with Crippen molar-refractivity contribution in [2.75, 3.05) is 20.1 Å². The number of ether oxygens (including phenoxy) is 1. The van der Waals surface area contributed by atoms with E-state index in [1.807, 2.05) is 37.3 Å². The molecule has 0 spiro atoms. The normalized spacial score (nSPS) is 20.5. The maximum Gasteiger partial charge on any atom is 0.318 e. The minimum Gasteiger partial charge on any atom is -0.488 e. The molecule has 120 valence electrons. The summed E-state index contributed by atoms with van der Waals surface area (Å²) in [6.45, 7) is 2.99. The molecule has 2 atom stereocenters. The molecule has 6 nitrogen and oxygen atoms in total. The van der Waals surface area contributed by atoms with E-state index in [1.54, 1.807) is 11.9 Å². The van der Waals surface area contributed by atoms with E-state index in [1.165, 1.54) is 0 Å². The number of benzene rings is 1. The lowest BCUT2D eigenvalue weighted by molar-refractivity contribution is -0.124. The topological polar surface area (TPSA) is 70.7 Å². The first kappa shape index (κ1) is 16.1. The minimum absolute atomic E-state index is 0.161. The van der Waals surface area contributed by atoms with Crippen molar-refractivity contribution >= 4 is 11.9 Å². The molecule has 2 N–H and O–H groups in total. The fourth-order valence-electron chi connectivity index (χ4n) is 2.55. The summed E-state index contributed by atoms with van der Waals surface area (Å²) in [5, 5.41) is 5.44. The Balaban J connectivity index is 2.04. The van der Waals surface area contributed by atoms with E-state index in [2.05, 4.69) is 10.6 Å². The third kappa shape index (κ3) is 3.90. The van der Waals surface area contributed by atoms with Crippen LogP contribution >= 0.6 is 0 Å². The first-order valence-corrected chi connectivity index (χ1v) is 7.63. The minimum atomic E-state index is -0.490. The maximum absolute atomic E-state index is 12.2. The molecule has 0 bridgehead atoms. The third-order valence-corrected chi connectivity index (χ3v) is 3.64. The lowest BCUT2D eigenvalue weighted by atomic mass is 10.2. The molecule has 0 saturated carbocycles. The highest BCUT2D eigenvalue weighted by atomic mass is 16.5. The molecular formula is C16H23N3O3. The van der Waals surface area contributed by atoms with E-state index in [0.29, 0.717) is 19.5 Å². The number of carbonyl (C=O) groups excluding carboxylic acids is 2. The summed E-state index contributed by atoms with van der Waals surface area (Å²) in [4.78, 5) is 25.8. The standard InChI is InChI=1S/C16H23N3O3/c1-3-9-18-16(21)19-11-13(10-14(19)15(20)17-2)22-12-7-5-4-6-8-12/h4-8,13-14H,3,9-11H2,1-2H3,(H,17,20)(H,18,21)/t13-,14+/m0/s1. The molecule has 1 heterocycles. The maximum atomic E-state index is 12.2. The van der Waals surface area contributed by atoms with Crippen molar-refractivity contribution in [2.45, 2.75) is 31.9 Å². The molecule has 1 aromatic rings. The number of carbonyl (C=O) groups is 2. The van der Waals surface area contributed by atoms with Crippen molar-refractivity contribution in [2.24, 2.45) is 0 Å². The summed E-state index contributed by atoms with van der Waals surface area (Å²) in [7, 11) is 1.58. The van der Waals surface area contributed by atoms with E-state index in [4.69, 9.17) is 4.74 Å². The second-order valence-corrected chi connectivity index (χ2v) is 5.30. The molecule has 1 aliphatic rings. The van der Waals surface area contributed by atoms with Crippen LogP contribution in [0.4, 0.5) is 4.79 Å². The first-order chi connectivity index (χ1) is 10.7. The number of para-hydroxylation sites is 1. The van der Waals surface area contributed by atoms with Crippen molar-refractivity contribution in [3.8, 4) is 5.75 Å². The number of amides is 3. The van der Waals surface area contributed by atoms with E-state index < -0.39 is 6.04 Å². The summed E-state index contributed by atoms with van der Waals surface area (Å²) in [6, 6.07) is 8.74. The van der Waals surface area contributed by atoms with E-state index in [-0.39, 0.29) is 18.0 Å². The third-order valence-electron chi connectivity index (χ3n) is 3.64. The SMILES string of the molecule is CCCNC(=O)N1C[C@@H](Oc2ccccc2)C[C@@H]1C(=O)NC. The molecule has 0 unspecified atom stereocenters. The summed E-state index contributed by atoms with van der Waals surface area (Å²) in [5.41, 5.74) is 0. The van der Waals surface area contributed by atoms with Gasteiger partial charge in [0.1, 0.15) is 17.9 Å². The average Bonchev–Trinajstić information content (AvgIpc) is 2.96. The quantitative estimate of drug-likeness (QED) is 0.863. The molecule has 2 rings (SSSR count). The van der Waals surface area contributed by atoms with Crippen LogP contribution in [0.25, 0.3) is 0 Å². The van der Waals surface area contributed by atoms with Crippen molar-refractivity contribution in [1.29, 1.82) is 0 Å². The van der Waals surface area contributed by atoms with Crippen LogP contribution in [0.5, 0.6) is 5.75 Å². The van der Waals surface area contributed by atoms with Gasteiger partial charge in [-0.2, -0.15) is 0 Å². The monoisotopic (exact) mass is 305 g/mol. The Labute approximate surface area is 130 Å². The first-order valence-electron chi connectivity index (χ1n) is 7.63. The highest BCUT2D eigenvalue weighted by Crippen LogP contribution is 2.23. The highest BCUT2D eigenvalue weighted by Gasteiger charge is 2.40. The van der Waals surface area contributed by atoms with Crippen LogP contribution in [0.3, 0.4) is 0 Å². The Morgan fingerprint density at radius 2 is 2.05 bits per heavy atom. The summed E-state index contributed by atoms with van der Waals surface area (Å²) < 4.78 is 5.88. The fraction of sp³-hybridized carbons (Fsp3) is 0.500. The molecular weight excluding hydrogens is 282 g/mol. The second-order valence-electron chi connectivity index (χ2n) is 5.30. The Morgan fingerprint density at radius 3 is 2.68 bits per heavy atom. The zero-order valence-corrected chi connectivity index (χ0v) is 13.0. The largest absolute Gasteiger partial charge is 0.488 e. The Kier molecular flexibility index (Phi) is 5.63. The summed E-state index contributed by atoms with van der Waals surface area (Å²) >= 11 is 0. The summed E-state index contributed by atoms with van der Waals surface area (Å²) in [6.07, 6.45) is 1.17. The predicted molar refractivity (Wildman–Crippen MR) is 83.7 cm³/mol. The van der Waals surface area contributed by atoms with Gasteiger partial charge >= 0.3 is 6.03 Å². The van der Waals surface area contributed by atoms with Crippen LogP contribution in [0.2, 0.25) is 0 Å². The average molecular weight is 305 g/mol. The molecule has 22 heavy (non-hydrogen) atoms. The van der Waals surface area contributed by atoms with Crippen LogP contribution < -0.4 is 15.4 Å². The number of hydrogen-bond donors (Lipinski definition) is 2. The van der Waals surface area contributed by atoms with Gasteiger partial charge in [-0.05, 0) is 18.6 Å². The van der Waals surface area contributed by atoms with Crippen LogP contribution in [0, 0.1) is 0 Å². The van der Waals surface area contributed by atoms with Crippen molar-refractivity contribution in [3.63, 3.8) is 0 Å².